The molecule has 7 nitrogen and oxygen atoms in total. The van der Waals surface area contributed by atoms with Crippen molar-refractivity contribution >= 4 is 29.8 Å². The highest BCUT2D eigenvalue weighted by Gasteiger charge is 2.63. The Balaban J connectivity index is 1.60. The molecule has 4 fully saturated rings. The average molecular weight is 427 g/mol. The van der Waals surface area contributed by atoms with Gasteiger partial charge in [-0.3, -0.25) is 19.2 Å². The van der Waals surface area contributed by atoms with Gasteiger partial charge in [0.05, 0.1) is 30.0 Å². The van der Waals surface area contributed by atoms with Crippen LogP contribution < -0.4 is 5.32 Å². The Morgan fingerprint density at radius 2 is 1.77 bits per heavy atom. The van der Waals surface area contributed by atoms with Gasteiger partial charge in [-0.1, -0.05) is 6.07 Å². The summed E-state index contributed by atoms with van der Waals surface area (Å²) in [5.41, 5.74) is 0.349. The minimum atomic E-state index is -0.617. The van der Waals surface area contributed by atoms with E-state index in [9.17, 15) is 19.2 Å². The van der Waals surface area contributed by atoms with Crippen molar-refractivity contribution in [2.75, 3.05) is 26.5 Å². The summed E-state index contributed by atoms with van der Waals surface area (Å²) in [6, 6.07) is 5.08. The topological polar surface area (TPSA) is 92.8 Å². The molecule has 31 heavy (non-hydrogen) atoms. The van der Waals surface area contributed by atoms with E-state index in [1.54, 1.807) is 32.3 Å². The van der Waals surface area contributed by atoms with Crippen molar-refractivity contribution in [3.8, 4) is 0 Å². The van der Waals surface area contributed by atoms with Crippen LogP contribution in [0.5, 0.6) is 0 Å². The molecule has 4 aliphatic carbocycles. The van der Waals surface area contributed by atoms with Crippen LogP contribution in [0.3, 0.4) is 0 Å². The van der Waals surface area contributed by atoms with Gasteiger partial charge in [-0.2, -0.15) is 0 Å². The fourth-order valence-corrected chi connectivity index (χ4v) is 6.50. The quantitative estimate of drug-likeness (QED) is 0.558. The first kappa shape index (κ1) is 21.5. The van der Waals surface area contributed by atoms with E-state index < -0.39 is 10.8 Å². The molecular formula is C24H30N2O5. The number of methoxy groups -OCH3 is 1. The smallest absolute Gasteiger partial charge is 0.311 e. The van der Waals surface area contributed by atoms with E-state index in [1.165, 1.54) is 12.0 Å². The third-order valence-electron chi connectivity index (χ3n) is 7.51. The second-order valence-corrected chi connectivity index (χ2v) is 9.97. The van der Waals surface area contributed by atoms with E-state index in [2.05, 4.69) is 5.32 Å². The number of hydrogen-bond acceptors (Lipinski definition) is 5. The minimum absolute atomic E-state index is 0.0581. The monoisotopic (exact) mass is 426 g/mol. The molecule has 2 amide bonds. The van der Waals surface area contributed by atoms with E-state index in [4.69, 9.17) is 4.74 Å². The second-order valence-electron chi connectivity index (χ2n) is 9.97. The summed E-state index contributed by atoms with van der Waals surface area (Å²) in [6.07, 6.45) is 5.60. The maximum absolute atomic E-state index is 13.6. The molecule has 0 heterocycles. The first-order valence-corrected chi connectivity index (χ1v) is 10.9. The van der Waals surface area contributed by atoms with Crippen LogP contribution >= 0.6 is 0 Å². The fourth-order valence-electron chi connectivity index (χ4n) is 6.50. The molecule has 2 unspecified atom stereocenters. The molecule has 0 saturated heterocycles. The van der Waals surface area contributed by atoms with Gasteiger partial charge >= 0.3 is 5.97 Å². The van der Waals surface area contributed by atoms with E-state index >= 15 is 0 Å². The summed E-state index contributed by atoms with van der Waals surface area (Å²) in [5, 5.41) is 2.99. The molecule has 1 aromatic carbocycles. The molecular weight excluding hydrogens is 396 g/mol. The number of nitrogens with zero attached hydrogens (tertiary/aromatic N) is 1. The van der Waals surface area contributed by atoms with Crippen molar-refractivity contribution in [1.82, 2.24) is 4.90 Å². The number of carbonyl (C=O) groups excluding carboxylic acids is 4. The molecule has 2 atom stereocenters. The first-order valence-electron chi connectivity index (χ1n) is 10.9. The highest BCUT2D eigenvalue weighted by Crippen LogP contribution is 2.65. The van der Waals surface area contributed by atoms with Gasteiger partial charge in [0.2, 0.25) is 11.8 Å². The number of rotatable bonds is 6. The lowest BCUT2D eigenvalue weighted by atomic mass is 9.44. The van der Waals surface area contributed by atoms with Gasteiger partial charge in [-0.15, -0.1) is 0 Å². The highest BCUT2D eigenvalue weighted by molar-refractivity contribution is 6.00. The molecule has 4 bridgehead atoms. The lowest BCUT2D eigenvalue weighted by Gasteiger charge is -2.59. The van der Waals surface area contributed by atoms with Gasteiger partial charge in [0.25, 0.3) is 0 Å². The Morgan fingerprint density at radius 3 is 2.35 bits per heavy atom. The standard InChI is InChI=1S/C24H30N2O5/c1-26(2)20(28)8-15-4-5-18(13-27)19(7-15)25-21(29)23-9-16-6-17(10-23)12-24(11-16,14-23)22(30)31-3/h4-5,7,13,16-17H,6,8-12,14H2,1-3H3,(H,25,29). The fraction of sp³-hybridized carbons (Fsp3) is 0.583. The Morgan fingerprint density at radius 1 is 1.13 bits per heavy atom. The molecule has 0 aliphatic heterocycles. The maximum atomic E-state index is 13.6. The number of carbonyl (C=O) groups is 4. The van der Waals surface area contributed by atoms with E-state index in [-0.39, 0.29) is 24.2 Å². The van der Waals surface area contributed by atoms with Crippen LogP contribution in [0.1, 0.15) is 54.4 Å². The van der Waals surface area contributed by atoms with Gasteiger partial charge in [0.15, 0.2) is 6.29 Å². The van der Waals surface area contributed by atoms with Gasteiger partial charge in [0, 0.05) is 19.7 Å². The van der Waals surface area contributed by atoms with Crippen LogP contribution in [0.4, 0.5) is 5.69 Å². The van der Waals surface area contributed by atoms with Crippen molar-refractivity contribution in [1.29, 1.82) is 0 Å². The number of ether oxygens (including phenoxy) is 1. The molecule has 0 radical (unpaired) electrons. The number of benzene rings is 1. The summed E-state index contributed by atoms with van der Waals surface area (Å²) in [7, 11) is 4.80. The highest BCUT2D eigenvalue weighted by atomic mass is 16.5. The van der Waals surface area contributed by atoms with E-state index in [1.807, 2.05) is 0 Å². The Labute approximate surface area is 182 Å². The van der Waals surface area contributed by atoms with Crippen LogP contribution in [0.15, 0.2) is 18.2 Å². The van der Waals surface area contributed by atoms with Crippen molar-refractivity contribution in [2.45, 2.75) is 44.9 Å². The summed E-state index contributed by atoms with van der Waals surface area (Å²) >= 11 is 0. The SMILES string of the molecule is COC(=O)C12CC3CC(CC(C(=O)Nc4cc(CC(=O)N(C)C)ccc4C=O)(C3)C1)C2. The van der Waals surface area contributed by atoms with Gasteiger partial charge in [-0.05, 0) is 68.1 Å². The summed E-state index contributed by atoms with van der Waals surface area (Å²) in [5.74, 6) is 0.309. The largest absolute Gasteiger partial charge is 0.469 e. The van der Waals surface area contributed by atoms with E-state index in [0.717, 1.165) is 37.7 Å². The molecule has 0 aromatic heterocycles. The van der Waals surface area contributed by atoms with Crippen LogP contribution in [0.25, 0.3) is 0 Å². The molecule has 1 N–H and O–H groups in total. The normalized spacial score (nSPS) is 30.5. The summed E-state index contributed by atoms with van der Waals surface area (Å²) < 4.78 is 5.13. The van der Waals surface area contributed by atoms with Crippen LogP contribution in [-0.4, -0.2) is 50.2 Å². The third kappa shape index (κ3) is 3.75. The Kier molecular flexibility index (Phi) is 5.40. The number of amides is 2. The molecule has 7 heteroatoms. The second kappa shape index (κ2) is 7.77. The number of likely N-dealkylation sites (N-methyl/N-ethyl adjacent to an activating group) is 1. The third-order valence-corrected chi connectivity index (χ3v) is 7.51. The zero-order chi connectivity index (χ0) is 22.4. The summed E-state index contributed by atoms with van der Waals surface area (Å²) in [4.78, 5) is 51.4. The van der Waals surface area contributed by atoms with Gasteiger partial charge < -0.3 is 15.0 Å². The predicted octanol–water partition coefficient (Wildman–Crippen LogP) is 2.83. The number of anilines is 1. The number of aldehydes is 1. The maximum Gasteiger partial charge on any atom is 0.311 e. The average Bonchev–Trinajstić information content (AvgIpc) is 2.72. The zero-order valence-corrected chi connectivity index (χ0v) is 18.4. The lowest BCUT2D eigenvalue weighted by Crippen LogP contribution is -2.58. The zero-order valence-electron chi connectivity index (χ0n) is 18.4. The number of esters is 1. The Bertz CT molecular complexity index is 924. The summed E-state index contributed by atoms with van der Waals surface area (Å²) in [6.45, 7) is 0. The Hall–Kier alpha value is -2.70. The van der Waals surface area contributed by atoms with Crippen molar-refractivity contribution in [3.63, 3.8) is 0 Å². The van der Waals surface area contributed by atoms with Gasteiger partial charge in [0.1, 0.15) is 0 Å². The van der Waals surface area contributed by atoms with Gasteiger partial charge in [-0.25, -0.2) is 0 Å². The number of hydrogen-bond donors (Lipinski definition) is 1. The lowest BCUT2D eigenvalue weighted by molar-refractivity contribution is -0.180. The van der Waals surface area contributed by atoms with E-state index in [0.29, 0.717) is 35.8 Å². The van der Waals surface area contributed by atoms with Crippen LogP contribution in [0.2, 0.25) is 0 Å². The van der Waals surface area contributed by atoms with Crippen LogP contribution in [0, 0.1) is 22.7 Å². The van der Waals surface area contributed by atoms with Crippen molar-refractivity contribution in [2.24, 2.45) is 22.7 Å². The molecule has 0 spiro atoms. The minimum Gasteiger partial charge on any atom is -0.469 e. The van der Waals surface area contributed by atoms with Crippen molar-refractivity contribution in [3.05, 3.63) is 29.3 Å². The molecule has 5 rings (SSSR count). The molecule has 4 saturated carbocycles. The van der Waals surface area contributed by atoms with Crippen molar-refractivity contribution < 1.29 is 23.9 Å². The molecule has 1 aromatic rings. The first-order chi connectivity index (χ1) is 14.7. The molecule has 4 aliphatic rings. The predicted molar refractivity (Wildman–Crippen MR) is 114 cm³/mol. The van der Waals surface area contributed by atoms with Crippen LogP contribution in [-0.2, 0) is 25.5 Å². The molecule has 166 valence electrons. The number of nitrogens with one attached hydrogen (secondary N) is 1.